The Labute approximate surface area is 147 Å². The number of anilines is 2. The summed E-state index contributed by atoms with van der Waals surface area (Å²) in [5.74, 6) is 0. The molecule has 3 aromatic rings. The molecule has 5 heteroatoms. The first-order valence-electron chi connectivity index (χ1n) is 8.16. The van der Waals surface area contributed by atoms with E-state index in [0.29, 0.717) is 6.42 Å². The third-order valence-electron chi connectivity index (χ3n) is 4.11. The van der Waals surface area contributed by atoms with Gasteiger partial charge in [-0.1, -0.05) is 24.3 Å². The molecule has 0 fully saturated rings. The number of nitrogens with zero attached hydrogens (tertiary/aromatic N) is 2. The van der Waals surface area contributed by atoms with E-state index in [1.807, 2.05) is 55.5 Å². The van der Waals surface area contributed by atoms with Crippen LogP contribution in [-0.2, 0) is 6.42 Å². The maximum Gasteiger partial charge on any atom is 0.0809 e. The average molecular weight is 331 g/mol. The third-order valence-corrected chi connectivity index (χ3v) is 4.11. The van der Waals surface area contributed by atoms with E-state index in [1.165, 1.54) is 6.21 Å². The molecule has 0 saturated carbocycles. The molecule has 1 aromatic carbocycles. The van der Waals surface area contributed by atoms with Gasteiger partial charge in [-0.2, -0.15) is 0 Å². The lowest BCUT2D eigenvalue weighted by Gasteiger charge is -2.18. The summed E-state index contributed by atoms with van der Waals surface area (Å²) in [5.41, 5.74) is 11.8. The number of nitrogens with two attached hydrogens (primary N) is 1. The van der Waals surface area contributed by atoms with Gasteiger partial charge in [-0.3, -0.25) is 9.97 Å². The molecule has 2 aromatic heterocycles. The van der Waals surface area contributed by atoms with Crippen LogP contribution in [0.3, 0.4) is 0 Å². The first-order chi connectivity index (χ1) is 12.2. The molecule has 5 nitrogen and oxygen atoms in total. The summed E-state index contributed by atoms with van der Waals surface area (Å²) in [4.78, 5) is 8.91. The van der Waals surface area contributed by atoms with E-state index < -0.39 is 0 Å². The van der Waals surface area contributed by atoms with Crippen molar-refractivity contribution >= 4 is 17.6 Å². The van der Waals surface area contributed by atoms with Gasteiger partial charge in [0.15, 0.2) is 0 Å². The van der Waals surface area contributed by atoms with Gasteiger partial charge in [-0.05, 0) is 36.8 Å². The third kappa shape index (κ3) is 3.89. The number of benzene rings is 1. The van der Waals surface area contributed by atoms with Crippen LogP contribution in [-0.4, -0.2) is 16.2 Å². The molecular formula is C20H21N5. The molecule has 0 amide bonds. The molecule has 126 valence electrons. The Hall–Kier alpha value is -3.05. The Bertz CT molecular complexity index is 875. The van der Waals surface area contributed by atoms with Gasteiger partial charge in [0.2, 0.25) is 0 Å². The fraction of sp³-hybridized carbons (Fsp3) is 0.150. The fourth-order valence-corrected chi connectivity index (χ4v) is 2.74. The smallest absolute Gasteiger partial charge is 0.0809 e. The largest absolute Gasteiger partial charge is 0.353 e. The number of hydrogen-bond acceptors (Lipinski definition) is 5. The zero-order chi connectivity index (χ0) is 17.6. The van der Waals surface area contributed by atoms with Crippen molar-refractivity contribution in [2.45, 2.75) is 19.4 Å². The second-order valence-electron chi connectivity index (χ2n) is 5.87. The highest BCUT2D eigenvalue weighted by molar-refractivity contribution is 5.87. The zero-order valence-electron chi connectivity index (χ0n) is 14.1. The molecule has 1 atom stereocenters. The number of aryl methyl sites for hydroxylation is 1. The highest BCUT2D eigenvalue weighted by Crippen LogP contribution is 2.26. The summed E-state index contributed by atoms with van der Waals surface area (Å²) < 4.78 is 0. The van der Waals surface area contributed by atoms with E-state index in [1.54, 1.807) is 12.4 Å². The molecule has 0 saturated heterocycles. The van der Waals surface area contributed by atoms with E-state index >= 15 is 0 Å². The molecule has 0 bridgehead atoms. The summed E-state index contributed by atoms with van der Waals surface area (Å²) >= 11 is 0. The van der Waals surface area contributed by atoms with Gasteiger partial charge >= 0.3 is 0 Å². The van der Waals surface area contributed by atoms with Gasteiger partial charge in [0.25, 0.3) is 0 Å². The highest BCUT2D eigenvalue weighted by Gasteiger charge is 2.15. The van der Waals surface area contributed by atoms with Gasteiger partial charge < -0.3 is 16.5 Å². The molecule has 25 heavy (non-hydrogen) atoms. The lowest BCUT2D eigenvalue weighted by atomic mass is 10.0. The number of para-hydroxylation sites is 1. The van der Waals surface area contributed by atoms with Crippen molar-refractivity contribution < 1.29 is 0 Å². The van der Waals surface area contributed by atoms with E-state index in [9.17, 15) is 0 Å². The van der Waals surface area contributed by atoms with Crippen molar-refractivity contribution in [1.29, 1.82) is 5.41 Å². The topological polar surface area (TPSA) is 87.7 Å². The summed E-state index contributed by atoms with van der Waals surface area (Å²) in [6, 6.07) is 15.2. The molecule has 4 N–H and O–H groups in total. The second kappa shape index (κ2) is 7.68. The van der Waals surface area contributed by atoms with E-state index in [4.69, 9.17) is 11.1 Å². The average Bonchev–Trinajstić information content (AvgIpc) is 2.64. The number of nitrogens with one attached hydrogen (secondary N) is 2. The molecule has 0 aliphatic rings. The Morgan fingerprint density at radius 1 is 1.04 bits per heavy atom. The maximum atomic E-state index is 7.55. The van der Waals surface area contributed by atoms with Crippen molar-refractivity contribution in [2.75, 3.05) is 5.32 Å². The zero-order valence-corrected chi connectivity index (χ0v) is 14.1. The molecule has 3 rings (SSSR count). The van der Waals surface area contributed by atoms with Gasteiger partial charge in [0, 0.05) is 42.0 Å². The van der Waals surface area contributed by atoms with E-state index in [-0.39, 0.29) is 6.04 Å². The van der Waals surface area contributed by atoms with E-state index in [0.717, 1.165) is 33.9 Å². The summed E-state index contributed by atoms with van der Waals surface area (Å²) in [5, 5.41) is 10.9. The quantitative estimate of drug-likeness (QED) is 0.600. The van der Waals surface area contributed by atoms with Crippen molar-refractivity contribution in [3.63, 3.8) is 0 Å². The van der Waals surface area contributed by atoms with Crippen molar-refractivity contribution in [3.05, 3.63) is 83.4 Å². The first kappa shape index (κ1) is 16.8. The Balaban J connectivity index is 1.88. The standard InChI is InChI=1S/C20H21N5/c1-14-6-4-10-23-19(14)12-16(22)20-18(9-5-11-24-20)25-17-8-3-2-7-15(17)13-21/h2-11,13,16,21,25H,12,22H2,1H3. The number of pyridine rings is 2. The molecule has 1 unspecified atom stereocenters. The minimum Gasteiger partial charge on any atom is -0.353 e. The molecule has 0 radical (unpaired) electrons. The van der Waals surface area contributed by atoms with Crippen molar-refractivity contribution in [1.82, 2.24) is 9.97 Å². The number of hydrogen-bond donors (Lipinski definition) is 3. The number of aromatic nitrogens is 2. The minimum absolute atomic E-state index is 0.274. The predicted octanol–water partition coefficient (Wildman–Crippen LogP) is 3.77. The van der Waals surface area contributed by atoms with Crippen LogP contribution in [0.1, 0.15) is 28.6 Å². The highest BCUT2D eigenvalue weighted by atomic mass is 14.9. The monoisotopic (exact) mass is 331 g/mol. The molecular weight excluding hydrogens is 310 g/mol. The van der Waals surface area contributed by atoms with Gasteiger partial charge in [0.05, 0.1) is 17.4 Å². The van der Waals surface area contributed by atoms with Crippen molar-refractivity contribution in [3.8, 4) is 0 Å². The van der Waals surface area contributed by atoms with Crippen LogP contribution in [0.25, 0.3) is 0 Å². The molecule has 0 aliphatic heterocycles. The Kier molecular flexibility index (Phi) is 5.16. The van der Waals surface area contributed by atoms with Crippen molar-refractivity contribution in [2.24, 2.45) is 5.73 Å². The van der Waals surface area contributed by atoms with Crippen LogP contribution in [0.15, 0.2) is 60.9 Å². The predicted molar refractivity (Wildman–Crippen MR) is 101 cm³/mol. The summed E-state index contributed by atoms with van der Waals surface area (Å²) in [7, 11) is 0. The normalized spacial score (nSPS) is 11.8. The second-order valence-corrected chi connectivity index (χ2v) is 5.87. The Morgan fingerprint density at radius 3 is 2.56 bits per heavy atom. The SMILES string of the molecule is Cc1cccnc1CC(N)c1ncccc1Nc1ccccc1C=N. The van der Waals surface area contributed by atoms with Gasteiger partial charge in [-0.15, -0.1) is 0 Å². The Morgan fingerprint density at radius 2 is 1.76 bits per heavy atom. The van der Waals surface area contributed by atoms with Crippen LogP contribution in [0.2, 0.25) is 0 Å². The molecule has 0 aliphatic carbocycles. The lowest BCUT2D eigenvalue weighted by molar-refractivity contribution is 0.682. The molecule has 0 spiro atoms. The lowest BCUT2D eigenvalue weighted by Crippen LogP contribution is -2.18. The van der Waals surface area contributed by atoms with Crippen LogP contribution in [0.4, 0.5) is 11.4 Å². The van der Waals surface area contributed by atoms with Crippen LogP contribution < -0.4 is 11.1 Å². The number of rotatable bonds is 6. The maximum absolute atomic E-state index is 7.55. The minimum atomic E-state index is -0.274. The van der Waals surface area contributed by atoms with Crippen LogP contribution >= 0.6 is 0 Å². The first-order valence-corrected chi connectivity index (χ1v) is 8.16. The van der Waals surface area contributed by atoms with Crippen LogP contribution in [0.5, 0.6) is 0 Å². The van der Waals surface area contributed by atoms with Crippen LogP contribution in [0, 0.1) is 12.3 Å². The molecule has 2 heterocycles. The fourth-order valence-electron chi connectivity index (χ4n) is 2.74. The van der Waals surface area contributed by atoms with Gasteiger partial charge in [-0.25, -0.2) is 0 Å². The van der Waals surface area contributed by atoms with E-state index in [2.05, 4.69) is 15.3 Å². The summed E-state index contributed by atoms with van der Waals surface area (Å²) in [6.45, 7) is 2.03. The summed E-state index contributed by atoms with van der Waals surface area (Å²) in [6.07, 6.45) is 5.47. The van der Waals surface area contributed by atoms with Gasteiger partial charge in [0.1, 0.15) is 0 Å².